The number of alkyl halides is 1. The first-order chi connectivity index (χ1) is 5.58. The van der Waals surface area contributed by atoms with E-state index in [0.717, 1.165) is 5.92 Å². The topological polar surface area (TPSA) is 3.24 Å². The summed E-state index contributed by atoms with van der Waals surface area (Å²) in [4.78, 5) is 2.60. The zero-order chi connectivity index (χ0) is 9.19. The Balaban J connectivity index is 2.43. The summed E-state index contributed by atoms with van der Waals surface area (Å²) in [5.41, 5.74) is 0.589. The molecule has 72 valence electrons. The van der Waals surface area contributed by atoms with Crippen LogP contribution >= 0.6 is 22.6 Å². The predicted octanol–water partition coefficient (Wildman–Crippen LogP) is 2.79. The van der Waals surface area contributed by atoms with Gasteiger partial charge in [-0.05, 0) is 24.3 Å². The van der Waals surface area contributed by atoms with E-state index >= 15 is 0 Å². The van der Waals surface area contributed by atoms with Crippen molar-refractivity contribution in [2.24, 2.45) is 11.3 Å². The molecule has 1 unspecified atom stereocenters. The Hall–Kier alpha value is 0.690. The zero-order valence-corrected chi connectivity index (χ0v) is 10.6. The van der Waals surface area contributed by atoms with Crippen LogP contribution in [-0.4, -0.2) is 29.0 Å². The molecule has 1 saturated heterocycles. The van der Waals surface area contributed by atoms with Crippen molar-refractivity contribution in [3.8, 4) is 0 Å². The average molecular weight is 281 g/mol. The van der Waals surface area contributed by atoms with Crippen molar-refractivity contribution < 1.29 is 0 Å². The van der Waals surface area contributed by atoms with Crippen LogP contribution in [0, 0.1) is 11.3 Å². The van der Waals surface area contributed by atoms with Crippen molar-refractivity contribution in [3.63, 3.8) is 0 Å². The van der Waals surface area contributed by atoms with Crippen molar-refractivity contribution in [2.45, 2.75) is 27.2 Å². The lowest BCUT2D eigenvalue weighted by Crippen LogP contribution is -2.29. The first-order valence-corrected chi connectivity index (χ1v) is 6.39. The minimum absolute atomic E-state index is 0.589. The number of rotatable bonds is 3. The Morgan fingerprint density at radius 2 is 2.17 bits per heavy atom. The summed E-state index contributed by atoms with van der Waals surface area (Å²) in [6, 6.07) is 0. The van der Waals surface area contributed by atoms with Gasteiger partial charge in [0.1, 0.15) is 0 Å². The van der Waals surface area contributed by atoms with Crippen molar-refractivity contribution in [1.82, 2.24) is 4.90 Å². The van der Waals surface area contributed by atoms with Crippen LogP contribution < -0.4 is 0 Å². The number of nitrogens with zero attached hydrogens (tertiary/aromatic N) is 1. The molecule has 0 aromatic rings. The number of halogens is 1. The van der Waals surface area contributed by atoms with E-state index in [2.05, 4.69) is 48.3 Å². The summed E-state index contributed by atoms with van der Waals surface area (Å²) in [6.45, 7) is 11.1. The minimum atomic E-state index is 0.589. The first kappa shape index (κ1) is 10.8. The minimum Gasteiger partial charge on any atom is -0.302 e. The van der Waals surface area contributed by atoms with Crippen molar-refractivity contribution in [2.75, 3.05) is 24.1 Å². The van der Waals surface area contributed by atoms with Crippen LogP contribution in [-0.2, 0) is 0 Å². The maximum absolute atomic E-state index is 2.60. The number of hydrogen-bond donors (Lipinski definition) is 0. The van der Waals surface area contributed by atoms with Gasteiger partial charge < -0.3 is 4.90 Å². The van der Waals surface area contributed by atoms with Gasteiger partial charge in [-0.2, -0.15) is 0 Å². The van der Waals surface area contributed by atoms with E-state index in [1.807, 2.05) is 0 Å². The molecule has 0 aliphatic carbocycles. The molecule has 12 heavy (non-hydrogen) atoms. The Morgan fingerprint density at radius 3 is 2.58 bits per heavy atom. The van der Waals surface area contributed by atoms with E-state index in [1.165, 1.54) is 30.5 Å². The standard InChI is InChI=1S/C10H20IN/c1-9(2)10(3)4-6-12(8-10)7-5-11/h9H,4-8H2,1-3H3. The highest BCUT2D eigenvalue weighted by molar-refractivity contribution is 14.1. The highest BCUT2D eigenvalue weighted by Gasteiger charge is 2.35. The third-order valence-corrected chi connectivity index (χ3v) is 3.86. The molecule has 2 heteroatoms. The highest BCUT2D eigenvalue weighted by Crippen LogP contribution is 2.36. The Bertz CT molecular complexity index is 147. The van der Waals surface area contributed by atoms with E-state index in [0.29, 0.717) is 5.41 Å². The first-order valence-electron chi connectivity index (χ1n) is 4.87. The molecule has 0 saturated carbocycles. The zero-order valence-electron chi connectivity index (χ0n) is 8.44. The Kier molecular flexibility index (Phi) is 3.83. The fraction of sp³-hybridized carbons (Fsp3) is 1.00. The Morgan fingerprint density at radius 1 is 1.50 bits per heavy atom. The van der Waals surface area contributed by atoms with Gasteiger partial charge in [0, 0.05) is 17.5 Å². The van der Waals surface area contributed by atoms with Gasteiger partial charge in [-0.15, -0.1) is 0 Å². The second kappa shape index (κ2) is 4.27. The molecule has 0 bridgehead atoms. The van der Waals surface area contributed by atoms with Crippen molar-refractivity contribution in [3.05, 3.63) is 0 Å². The van der Waals surface area contributed by atoms with Crippen LogP contribution in [0.15, 0.2) is 0 Å². The number of hydrogen-bond acceptors (Lipinski definition) is 1. The predicted molar refractivity (Wildman–Crippen MR) is 62.9 cm³/mol. The normalized spacial score (nSPS) is 31.8. The Labute approximate surface area is 90.0 Å². The largest absolute Gasteiger partial charge is 0.302 e. The van der Waals surface area contributed by atoms with Gasteiger partial charge >= 0.3 is 0 Å². The molecule has 0 radical (unpaired) electrons. The molecular formula is C10H20IN. The van der Waals surface area contributed by atoms with Gasteiger partial charge in [0.05, 0.1) is 0 Å². The summed E-state index contributed by atoms with van der Waals surface area (Å²) >= 11 is 2.46. The van der Waals surface area contributed by atoms with Crippen LogP contribution in [0.4, 0.5) is 0 Å². The quantitative estimate of drug-likeness (QED) is 0.568. The van der Waals surface area contributed by atoms with E-state index in [9.17, 15) is 0 Å². The van der Waals surface area contributed by atoms with Gasteiger partial charge in [0.2, 0.25) is 0 Å². The summed E-state index contributed by atoms with van der Waals surface area (Å²) in [6.07, 6.45) is 1.39. The van der Waals surface area contributed by atoms with Crippen LogP contribution in [0.3, 0.4) is 0 Å². The third-order valence-electron chi connectivity index (χ3n) is 3.38. The second-order valence-corrected chi connectivity index (χ2v) is 5.60. The lowest BCUT2D eigenvalue weighted by molar-refractivity contribution is 0.214. The number of likely N-dealkylation sites (tertiary alicyclic amines) is 1. The molecular weight excluding hydrogens is 261 g/mol. The molecule has 0 amide bonds. The van der Waals surface area contributed by atoms with E-state index < -0.39 is 0 Å². The summed E-state index contributed by atoms with van der Waals surface area (Å²) in [7, 11) is 0. The van der Waals surface area contributed by atoms with Gasteiger partial charge in [-0.3, -0.25) is 0 Å². The van der Waals surface area contributed by atoms with Crippen molar-refractivity contribution in [1.29, 1.82) is 0 Å². The molecule has 0 aromatic heterocycles. The molecule has 1 atom stereocenters. The fourth-order valence-corrected chi connectivity index (χ4v) is 2.55. The molecule has 1 nitrogen and oxygen atoms in total. The van der Waals surface area contributed by atoms with E-state index in [-0.39, 0.29) is 0 Å². The monoisotopic (exact) mass is 281 g/mol. The highest BCUT2D eigenvalue weighted by atomic mass is 127. The summed E-state index contributed by atoms with van der Waals surface area (Å²) in [5.74, 6) is 0.830. The third kappa shape index (κ3) is 2.34. The lowest BCUT2D eigenvalue weighted by Gasteiger charge is -2.28. The van der Waals surface area contributed by atoms with E-state index in [1.54, 1.807) is 0 Å². The molecule has 0 N–H and O–H groups in total. The molecule has 1 rings (SSSR count). The van der Waals surface area contributed by atoms with Crippen LogP contribution in [0.5, 0.6) is 0 Å². The smallest absolute Gasteiger partial charge is 0.0123 e. The van der Waals surface area contributed by atoms with Gasteiger partial charge in [0.15, 0.2) is 0 Å². The van der Waals surface area contributed by atoms with Crippen molar-refractivity contribution >= 4 is 22.6 Å². The molecule has 1 heterocycles. The summed E-state index contributed by atoms with van der Waals surface area (Å²) in [5, 5.41) is 0. The van der Waals surface area contributed by atoms with Crippen LogP contribution in [0.1, 0.15) is 27.2 Å². The molecule has 1 aliphatic heterocycles. The molecule has 0 aromatic carbocycles. The van der Waals surface area contributed by atoms with Crippen LogP contribution in [0.25, 0.3) is 0 Å². The second-order valence-electron chi connectivity index (χ2n) is 4.52. The van der Waals surface area contributed by atoms with E-state index in [4.69, 9.17) is 0 Å². The molecule has 0 spiro atoms. The van der Waals surface area contributed by atoms with Gasteiger partial charge in [0.25, 0.3) is 0 Å². The fourth-order valence-electron chi connectivity index (χ4n) is 1.86. The van der Waals surface area contributed by atoms with Crippen LogP contribution in [0.2, 0.25) is 0 Å². The average Bonchev–Trinajstić information content (AvgIpc) is 2.34. The maximum atomic E-state index is 2.60. The summed E-state index contributed by atoms with van der Waals surface area (Å²) < 4.78 is 1.27. The SMILES string of the molecule is CC(C)C1(C)CCN(CCI)C1. The molecule has 1 fully saturated rings. The molecule has 1 aliphatic rings. The van der Waals surface area contributed by atoms with Gasteiger partial charge in [-0.1, -0.05) is 43.4 Å². The van der Waals surface area contributed by atoms with Gasteiger partial charge in [-0.25, -0.2) is 0 Å². The lowest BCUT2D eigenvalue weighted by atomic mass is 9.79. The maximum Gasteiger partial charge on any atom is 0.0123 e.